The van der Waals surface area contributed by atoms with Crippen molar-refractivity contribution in [2.75, 3.05) is 0 Å². The standard InChI is InChI=1S/C44H26F2N2O6S2Se2.2Na/c45-29-9-1-25(2-10-29)41-33-17-19-35(47-33)43(27-5-13-31(14-6-27)55(49,50)51)39-23-24-40(58-39)44(28-7-15-32(16-8-28)56(52,53)54)36-20-18-34(48-36)42(38-22-21-37(41)57-38)26-3-11-30(46)12-4-26;;/h1-24H,(H,49,50,51)(H,52,53,54);;/q;2*+1/p-2. The van der Waals surface area contributed by atoms with Crippen LogP contribution in [0.5, 0.6) is 0 Å². The predicted octanol–water partition coefficient (Wildman–Crippen LogP) is 2.88. The van der Waals surface area contributed by atoms with Gasteiger partial charge in [-0.2, -0.15) is 0 Å². The summed E-state index contributed by atoms with van der Waals surface area (Å²) in [5, 5.41) is 0. The van der Waals surface area contributed by atoms with Gasteiger partial charge in [-0.25, -0.2) is 0 Å². The van der Waals surface area contributed by atoms with Gasteiger partial charge in [0.2, 0.25) is 0 Å². The summed E-state index contributed by atoms with van der Waals surface area (Å²) in [5.41, 5.74) is 8.19. The van der Waals surface area contributed by atoms with Gasteiger partial charge < -0.3 is 0 Å². The van der Waals surface area contributed by atoms with Gasteiger partial charge in [-0.1, -0.05) is 0 Å². The molecule has 0 unspecified atom stereocenters. The molecule has 0 N–H and O–H groups in total. The van der Waals surface area contributed by atoms with Crippen LogP contribution in [0.2, 0.25) is 0 Å². The first-order chi connectivity index (χ1) is 27.8. The largest absolute Gasteiger partial charge is 1.00 e. The maximum atomic E-state index is 14.3. The molecule has 0 radical (unpaired) electrons. The Kier molecular flexibility index (Phi) is 13.2. The van der Waals surface area contributed by atoms with Crippen LogP contribution < -0.4 is 59.1 Å². The minimum Gasteiger partial charge on any atom is 1.00 e. The molecule has 0 atom stereocenters. The first-order valence-corrected chi connectivity index (χ1v) is 23.7. The summed E-state index contributed by atoms with van der Waals surface area (Å²) in [5.74, 6) is -0.771. The van der Waals surface area contributed by atoms with Crippen LogP contribution in [0.4, 0.5) is 8.78 Å². The van der Waals surface area contributed by atoms with Crippen molar-refractivity contribution < 1.29 is 93.8 Å². The molecule has 4 aromatic carbocycles. The molecule has 0 amide bonds. The van der Waals surface area contributed by atoms with Crippen LogP contribution in [0.15, 0.2) is 131 Å². The number of fused-ring (bicyclic) bond motifs is 8. The van der Waals surface area contributed by atoms with Gasteiger partial charge in [0, 0.05) is 0 Å². The van der Waals surface area contributed by atoms with E-state index in [4.69, 9.17) is 9.97 Å². The molecule has 8 nitrogen and oxygen atoms in total. The van der Waals surface area contributed by atoms with E-state index in [2.05, 4.69) is 0 Å². The number of rotatable bonds is 6. The average Bonchev–Trinajstić information content (AvgIpc) is 4.04. The second-order valence-corrected chi connectivity index (χ2v) is 20.5. The van der Waals surface area contributed by atoms with Crippen LogP contribution in [0.1, 0.15) is 22.8 Å². The fraction of sp³-hybridized carbons (Fsp3) is 0. The zero-order valence-corrected chi connectivity index (χ0v) is 40.6. The van der Waals surface area contributed by atoms with Gasteiger partial charge in [0.25, 0.3) is 0 Å². The fourth-order valence-corrected chi connectivity index (χ4v) is 12.8. The van der Waals surface area contributed by atoms with Crippen molar-refractivity contribution in [2.24, 2.45) is 0 Å². The van der Waals surface area contributed by atoms with Gasteiger partial charge in [0.15, 0.2) is 0 Å². The first-order valence-electron chi connectivity index (χ1n) is 17.4. The zero-order chi connectivity index (χ0) is 40.3. The molecule has 0 fully saturated rings. The third-order valence-corrected chi connectivity index (χ3v) is 16.0. The summed E-state index contributed by atoms with van der Waals surface area (Å²) in [6.07, 6.45) is 7.55. The molecule has 0 spiro atoms. The van der Waals surface area contributed by atoms with Crippen LogP contribution in [0.3, 0.4) is 0 Å². The van der Waals surface area contributed by atoms with E-state index in [1.165, 1.54) is 48.5 Å². The Hall–Kier alpha value is -3.40. The Morgan fingerprint density at radius 3 is 0.850 bits per heavy atom. The molecule has 5 heterocycles. The maximum Gasteiger partial charge on any atom is 1.00 e. The monoisotopic (exact) mass is 984 g/mol. The van der Waals surface area contributed by atoms with E-state index in [-0.39, 0.29) is 95.0 Å². The van der Waals surface area contributed by atoms with Gasteiger partial charge in [-0.15, -0.1) is 0 Å². The number of benzene rings is 4. The minimum absolute atomic E-state index is 0. The summed E-state index contributed by atoms with van der Waals surface area (Å²) in [4.78, 5) is 9.63. The number of aromatic nitrogens is 2. The SMILES string of the molecule is O=S(=O)([O-])c1ccc(-c2c3nc(c(-c4ccc(F)cc4)c4ccc([se]4)c(-c4ccc(F)cc4)c4nc(c(-c5ccc(S(=O)(=O)[O-])cc5)c5ccc2[se]5)C=C4)C=C3)cc1.[Na+].[Na+]. The number of nitrogens with zero attached hydrogens (tertiary/aromatic N) is 2. The topological polar surface area (TPSA) is 140 Å². The molecule has 16 heteroatoms. The van der Waals surface area contributed by atoms with E-state index in [0.29, 0.717) is 45.0 Å². The Labute approximate surface area is 400 Å². The molecule has 286 valence electrons. The summed E-state index contributed by atoms with van der Waals surface area (Å²) < 4.78 is 104. The van der Waals surface area contributed by atoms with E-state index in [1.807, 2.05) is 48.6 Å². The molecule has 0 saturated heterocycles. The van der Waals surface area contributed by atoms with Crippen LogP contribution >= 0.6 is 0 Å². The average molecular weight is 983 g/mol. The van der Waals surface area contributed by atoms with Crippen molar-refractivity contribution in [3.8, 4) is 44.5 Å². The van der Waals surface area contributed by atoms with E-state index >= 15 is 0 Å². The minimum atomic E-state index is -4.71. The van der Waals surface area contributed by atoms with Crippen molar-refractivity contribution in [3.05, 3.63) is 156 Å². The molecule has 2 aliphatic rings. The van der Waals surface area contributed by atoms with Crippen LogP contribution in [-0.4, -0.2) is 64.9 Å². The smallest absolute Gasteiger partial charge is 1.00 e. The Morgan fingerprint density at radius 1 is 0.383 bits per heavy atom. The van der Waals surface area contributed by atoms with E-state index in [0.717, 1.165) is 39.3 Å². The molecule has 8 bridgehead atoms. The molecule has 7 aromatic rings. The Bertz CT molecular complexity index is 3070. The van der Waals surface area contributed by atoms with Gasteiger partial charge in [-0.05, 0) is 0 Å². The normalized spacial score (nSPS) is 12.2. The summed E-state index contributed by atoms with van der Waals surface area (Å²) >= 11 is -0.805. The van der Waals surface area contributed by atoms with Gasteiger partial charge in [0.1, 0.15) is 0 Å². The van der Waals surface area contributed by atoms with Crippen LogP contribution in [-0.2, 0) is 20.2 Å². The van der Waals surface area contributed by atoms with Crippen molar-refractivity contribution in [1.29, 1.82) is 0 Å². The van der Waals surface area contributed by atoms with Gasteiger partial charge in [-0.3, -0.25) is 0 Å². The molecule has 0 saturated carbocycles. The second-order valence-electron chi connectivity index (χ2n) is 13.2. The molecular formula is C44H24F2N2Na2O6S2Se2. The second kappa shape index (κ2) is 17.8. The van der Waals surface area contributed by atoms with Gasteiger partial charge in [0.05, 0.1) is 0 Å². The summed E-state index contributed by atoms with van der Waals surface area (Å²) in [6.45, 7) is 0. The first kappa shape index (κ1) is 44.6. The predicted molar refractivity (Wildman–Crippen MR) is 222 cm³/mol. The quantitative estimate of drug-likeness (QED) is 0.183. The fourth-order valence-electron chi connectivity index (χ4n) is 6.97. The Balaban J connectivity index is 0.00000272. The third-order valence-electron chi connectivity index (χ3n) is 9.63. The third kappa shape index (κ3) is 8.92. The van der Waals surface area contributed by atoms with Crippen LogP contribution in [0.25, 0.3) is 85.9 Å². The molecule has 9 rings (SSSR count). The zero-order valence-electron chi connectivity index (χ0n) is 31.6. The number of halogens is 2. The molecule has 60 heavy (non-hydrogen) atoms. The van der Waals surface area contributed by atoms with E-state index in [1.54, 1.807) is 48.5 Å². The molecular weight excluding hydrogens is 959 g/mol. The van der Waals surface area contributed by atoms with Crippen molar-refractivity contribution in [2.45, 2.75) is 9.79 Å². The van der Waals surface area contributed by atoms with E-state index < -0.39 is 34.7 Å². The van der Waals surface area contributed by atoms with Crippen molar-refractivity contribution in [3.63, 3.8) is 0 Å². The molecule has 3 aromatic heterocycles. The van der Waals surface area contributed by atoms with Crippen molar-refractivity contribution in [1.82, 2.24) is 9.97 Å². The summed E-state index contributed by atoms with van der Waals surface area (Å²) in [6, 6.07) is 31.8. The molecule has 2 aliphatic heterocycles. The number of hydrogen-bond donors (Lipinski definition) is 0. The number of hydrogen-bond acceptors (Lipinski definition) is 8. The Morgan fingerprint density at radius 2 is 0.617 bits per heavy atom. The van der Waals surface area contributed by atoms with Gasteiger partial charge >= 0.3 is 404 Å². The van der Waals surface area contributed by atoms with E-state index in [9.17, 15) is 34.7 Å². The maximum absolute atomic E-state index is 14.3. The molecule has 0 aliphatic carbocycles. The van der Waals surface area contributed by atoms with Crippen LogP contribution in [0, 0.1) is 11.6 Å². The van der Waals surface area contributed by atoms with Crippen molar-refractivity contribution >= 4 is 90.6 Å². The summed E-state index contributed by atoms with van der Waals surface area (Å²) in [7, 11) is -9.42.